The van der Waals surface area contributed by atoms with E-state index in [1.165, 1.54) is 12.8 Å². The Hall–Kier alpha value is -1.30. The summed E-state index contributed by atoms with van der Waals surface area (Å²) in [5.41, 5.74) is 1.16. The molecule has 1 heterocycles. The molecule has 1 saturated carbocycles. The van der Waals surface area contributed by atoms with Gasteiger partial charge in [0, 0.05) is 37.7 Å². The smallest absolute Gasteiger partial charge is 0.165 e. The first-order valence-electron chi connectivity index (χ1n) is 8.83. The lowest BCUT2D eigenvalue weighted by molar-refractivity contribution is -0.0609. The third-order valence-corrected chi connectivity index (χ3v) is 5.44. The molecule has 0 radical (unpaired) electrons. The van der Waals surface area contributed by atoms with Crippen molar-refractivity contribution in [3.8, 4) is 11.5 Å². The van der Waals surface area contributed by atoms with Crippen molar-refractivity contribution in [2.24, 2.45) is 5.92 Å². The van der Waals surface area contributed by atoms with Crippen LogP contribution in [0.5, 0.6) is 11.5 Å². The van der Waals surface area contributed by atoms with E-state index in [9.17, 15) is 0 Å². The van der Waals surface area contributed by atoms with Crippen LogP contribution in [-0.2, 0) is 16.0 Å². The van der Waals surface area contributed by atoms with Crippen molar-refractivity contribution in [2.45, 2.75) is 38.0 Å². The molecule has 5 nitrogen and oxygen atoms in total. The number of rotatable bonds is 6. The van der Waals surface area contributed by atoms with E-state index in [1.807, 2.05) is 19.2 Å². The summed E-state index contributed by atoms with van der Waals surface area (Å²) in [5, 5.41) is 0. The fraction of sp³-hybridized carbons (Fsp3) is 0.684. The Morgan fingerprint density at radius 3 is 2.79 bits per heavy atom. The number of para-hydroxylation sites is 1. The second-order valence-electron chi connectivity index (χ2n) is 6.63. The monoisotopic (exact) mass is 335 g/mol. The fourth-order valence-corrected chi connectivity index (χ4v) is 4.23. The molecule has 1 aliphatic carbocycles. The molecule has 134 valence electrons. The summed E-state index contributed by atoms with van der Waals surface area (Å²) in [6.45, 7) is 3.36. The predicted octanol–water partition coefficient (Wildman–Crippen LogP) is 2.72. The zero-order valence-corrected chi connectivity index (χ0v) is 15.0. The zero-order chi connectivity index (χ0) is 16.9. The first-order chi connectivity index (χ1) is 11.8. The quantitative estimate of drug-likeness (QED) is 0.799. The number of ether oxygens (including phenoxy) is 4. The van der Waals surface area contributed by atoms with Crippen molar-refractivity contribution in [3.05, 3.63) is 23.8 Å². The third-order valence-electron chi connectivity index (χ3n) is 5.44. The normalized spacial score (nSPS) is 28.0. The molecule has 0 spiro atoms. The van der Waals surface area contributed by atoms with Gasteiger partial charge in [0.25, 0.3) is 0 Å². The Balaban J connectivity index is 1.79. The number of hydrogen-bond donors (Lipinski definition) is 0. The molecule has 3 atom stereocenters. The summed E-state index contributed by atoms with van der Waals surface area (Å²) in [6.07, 6.45) is 3.98. The summed E-state index contributed by atoms with van der Waals surface area (Å²) in [5.74, 6) is 2.17. The second kappa shape index (κ2) is 8.19. The molecule has 0 bridgehead atoms. The van der Waals surface area contributed by atoms with Crippen molar-refractivity contribution in [2.75, 3.05) is 41.1 Å². The van der Waals surface area contributed by atoms with Crippen molar-refractivity contribution in [3.63, 3.8) is 0 Å². The molecule has 5 heteroatoms. The van der Waals surface area contributed by atoms with Crippen LogP contribution in [-0.4, -0.2) is 58.1 Å². The largest absolute Gasteiger partial charge is 0.493 e. The van der Waals surface area contributed by atoms with Crippen LogP contribution < -0.4 is 9.47 Å². The lowest BCUT2D eigenvalue weighted by Gasteiger charge is -2.40. The molecule has 0 aromatic heterocycles. The molecule has 0 N–H and O–H groups in total. The minimum absolute atomic E-state index is 0.353. The first kappa shape index (κ1) is 17.5. The van der Waals surface area contributed by atoms with Gasteiger partial charge in [-0.05, 0) is 18.9 Å². The maximum absolute atomic E-state index is 5.80. The Morgan fingerprint density at radius 1 is 1.17 bits per heavy atom. The van der Waals surface area contributed by atoms with Crippen molar-refractivity contribution >= 4 is 0 Å². The number of hydrogen-bond acceptors (Lipinski definition) is 5. The highest BCUT2D eigenvalue weighted by atomic mass is 16.5. The van der Waals surface area contributed by atoms with Gasteiger partial charge in [-0.3, -0.25) is 4.90 Å². The van der Waals surface area contributed by atoms with Crippen LogP contribution in [0.1, 0.15) is 24.8 Å². The average molecular weight is 335 g/mol. The average Bonchev–Trinajstić information content (AvgIpc) is 3.10. The van der Waals surface area contributed by atoms with E-state index in [0.29, 0.717) is 18.1 Å². The summed E-state index contributed by atoms with van der Waals surface area (Å²) in [7, 11) is 5.22. The molecule has 1 aromatic carbocycles. The molecule has 2 aliphatic rings. The minimum Gasteiger partial charge on any atom is -0.493 e. The SMILES string of the molecule is COc1cccc(CN2CCOCC2C2CCCC2OC)c1OC. The number of morpholine rings is 1. The van der Waals surface area contributed by atoms with Crippen molar-refractivity contribution in [1.82, 2.24) is 4.90 Å². The topological polar surface area (TPSA) is 40.2 Å². The Labute approximate surface area is 144 Å². The van der Waals surface area contributed by atoms with Crippen LogP contribution >= 0.6 is 0 Å². The predicted molar refractivity (Wildman–Crippen MR) is 92.7 cm³/mol. The maximum atomic E-state index is 5.80. The van der Waals surface area contributed by atoms with E-state index in [0.717, 1.165) is 49.8 Å². The van der Waals surface area contributed by atoms with Crippen molar-refractivity contribution in [1.29, 1.82) is 0 Å². The molecule has 2 fully saturated rings. The van der Waals surface area contributed by atoms with Crippen LogP contribution in [0.4, 0.5) is 0 Å². The van der Waals surface area contributed by atoms with Gasteiger partial charge in [0.15, 0.2) is 11.5 Å². The van der Waals surface area contributed by atoms with Crippen LogP contribution in [0.3, 0.4) is 0 Å². The highest BCUT2D eigenvalue weighted by molar-refractivity contribution is 5.46. The second-order valence-corrected chi connectivity index (χ2v) is 6.63. The van der Waals surface area contributed by atoms with Gasteiger partial charge in [0.1, 0.15) is 0 Å². The van der Waals surface area contributed by atoms with Crippen molar-refractivity contribution < 1.29 is 18.9 Å². The van der Waals surface area contributed by atoms with Crippen LogP contribution in [0.15, 0.2) is 18.2 Å². The highest BCUT2D eigenvalue weighted by Gasteiger charge is 2.38. The van der Waals surface area contributed by atoms with E-state index in [-0.39, 0.29) is 0 Å². The molecule has 1 saturated heterocycles. The molecular weight excluding hydrogens is 306 g/mol. The summed E-state index contributed by atoms with van der Waals surface area (Å²) in [6, 6.07) is 6.50. The van der Waals surface area contributed by atoms with E-state index in [4.69, 9.17) is 18.9 Å². The molecule has 24 heavy (non-hydrogen) atoms. The van der Waals surface area contributed by atoms with Gasteiger partial charge >= 0.3 is 0 Å². The van der Waals surface area contributed by atoms with Gasteiger partial charge in [-0.15, -0.1) is 0 Å². The molecule has 1 aromatic rings. The number of nitrogens with zero attached hydrogens (tertiary/aromatic N) is 1. The van der Waals surface area contributed by atoms with Gasteiger partial charge in [-0.1, -0.05) is 18.6 Å². The first-order valence-corrected chi connectivity index (χ1v) is 8.83. The Morgan fingerprint density at radius 2 is 2.04 bits per heavy atom. The molecule has 1 aliphatic heterocycles. The zero-order valence-electron chi connectivity index (χ0n) is 15.0. The van der Waals surface area contributed by atoms with E-state index >= 15 is 0 Å². The van der Waals surface area contributed by atoms with Gasteiger partial charge in [0.2, 0.25) is 0 Å². The summed E-state index contributed by atoms with van der Waals surface area (Å²) >= 11 is 0. The summed E-state index contributed by atoms with van der Waals surface area (Å²) < 4.78 is 22.6. The molecular formula is C19H29NO4. The minimum atomic E-state index is 0.353. The van der Waals surface area contributed by atoms with Crippen LogP contribution in [0.2, 0.25) is 0 Å². The molecule has 3 unspecified atom stereocenters. The van der Waals surface area contributed by atoms with Gasteiger partial charge in [-0.2, -0.15) is 0 Å². The number of methoxy groups -OCH3 is 3. The number of benzene rings is 1. The lowest BCUT2D eigenvalue weighted by Crippen LogP contribution is -2.50. The Kier molecular flexibility index (Phi) is 5.98. The summed E-state index contributed by atoms with van der Waals surface area (Å²) in [4.78, 5) is 2.53. The van der Waals surface area contributed by atoms with Crippen LogP contribution in [0, 0.1) is 5.92 Å². The van der Waals surface area contributed by atoms with Gasteiger partial charge in [-0.25, -0.2) is 0 Å². The standard InChI is InChI=1S/C19H29NO4/c1-21-17-8-5-7-15(17)16-13-24-11-10-20(16)12-14-6-4-9-18(22-2)19(14)23-3/h4,6,9,15-17H,5,7-8,10-13H2,1-3H3. The highest BCUT2D eigenvalue weighted by Crippen LogP contribution is 2.36. The van der Waals surface area contributed by atoms with Gasteiger partial charge in [0.05, 0.1) is 33.5 Å². The van der Waals surface area contributed by atoms with Crippen LogP contribution in [0.25, 0.3) is 0 Å². The van der Waals surface area contributed by atoms with E-state index in [2.05, 4.69) is 11.0 Å². The fourth-order valence-electron chi connectivity index (χ4n) is 4.23. The van der Waals surface area contributed by atoms with E-state index < -0.39 is 0 Å². The van der Waals surface area contributed by atoms with E-state index in [1.54, 1.807) is 14.2 Å². The maximum Gasteiger partial charge on any atom is 0.165 e. The lowest BCUT2D eigenvalue weighted by atomic mass is 9.93. The third kappa shape index (κ3) is 3.53. The molecule has 3 rings (SSSR count). The van der Waals surface area contributed by atoms with Gasteiger partial charge < -0.3 is 18.9 Å². The molecule has 0 amide bonds. The Bertz CT molecular complexity index is 536.